The van der Waals surface area contributed by atoms with Crippen LogP contribution in [0.3, 0.4) is 0 Å². The van der Waals surface area contributed by atoms with Crippen LogP contribution in [0.1, 0.15) is 5.56 Å². The minimum Gasteiger partial charge on any atom is -0.548 e. The van der Waals surface area contributed by atoms with E-state index in [-0.39, 0.29) is 11.3 Å². The van der Waals surface area contributed by atoms with E-state index in [2.05, 4.69) is 4.72 Å². The molecular weight excluding hydrogens is 326 g/mol. The average Bonchev–Trinajstić information content (AvgIpc) is 2.48. The molecule has 0 saturated carbocycles. The second-order valence-electron chi connectivity index (χ2n) is 4.64. The summed E-state index contributed by atoms with van der Waals surface area (Å²) in [4.78, 5) is 11.1. The minimum atomic E-state index is -3.97. The van der Waals surface area contributed by atoms with Crippen molar-refractivity contribution >= 4 is 27.6 Å². The number of sulfonamides is 1. The van der Waals surface area contributed by atoms with E-state index in [9.17, 15) is 18.3 Å². The summed E-state index contributed by atoms with van der Waals surface area (Å²) in [5.74, 6) is -1.48. The molecule has 1 atom stereocenters. The molecule has 116 valence electrons. The number of carboxylic acid groups (broad SMARTS) is 1. The maximum atomic E-state index is 12.2. The predicted octanol–water partition coefficient (Wildman–Crippen LogP) is 0.979. The summed E-state index contributed by atoms with van der Waals surface area (Å²) in [6.45, 7) is 0. The van der Waals surface area contributed by atoms with Crippen LogP contribution in [0.25, 0.3) is 0 Å². The lowest BCUT2D eigenvalue weighted by Crippen LogP contribution is -2.49. The highest BCUT2D eigenvalue weighted by Gasteiger charge is 2.21. The van der Waals surface area contributed by atoms with Gasteiger partial charge in [0.25, 0.3) is 0 Å². The molecule has 0 aliphatic carbocycles. The summed E-state index contributed by atoms with van der Waals surface area (Å²) in [6, 6.07) is 12.8. The third-order valence-corrected chi connectivity index (χ3v) is 4.73. The highest BCUT2D eigenvalue weighted by Crippen LogP contribution is 2.15. The van der Waals surface area contributed by atoms with Crippen LogP contribution in [0.5, 0.6) is 0 Å². The average molecular weight is 339 g/mol. The van der Waals surface area contributed by atoms with Crippen LogP contribution in [0.2, 0.25) is 5.02 Å². The lowest BCUT2D eigenvalue weighted by molar-refractivity contribution is -0.307. The molecule has 0 aliphatic heterocycles. The number of hydrogen-bond donors (Lipinski definition) is 1. The number of nitrogens with one attached hydrogen (secondary N) is 1. The molecule has 0 spiro atoms. The summed E-state index contributed by atoms with van der Waals surface area (Å²) in [7, 11) is -3.97. The molecule has 0 radical (unpaired) electrons. The molecule has 0 aromatic heterocycles. The fourth-order valence-electron chi connectivity index (χ4n) is 1.89. The quantitative estimate of drug-likeness (QED) is 0.850. The molecule has 2 aromatic rings. The van der Waals surface area contributed by atoms with Gasteiger partial charge in [-0.1, -0.05) is 41.9 Å². The maximum Gasteiger partial charge on any atom is 0.241 e. The van der Waals surface area contributed by atoms with E-state index < -0.39 is 22.0 Å². The molecule has 2 rings (SSSR count). The highest BCUT2D eigenvalue weighted by molar-refractivity contribution is 7.89. The Labute approximate surface area is 133 Å². The van der Waals surface area contributed by atoms with Gasteiger partial charge in [0.05, 0.1) is 16.9 Å². The van der Waals surface area contributed by atoms with Crippen LogP contribution in [0.15, 0.2) is 59.5 Å². The van der Waals surface area contributed by atoms with Crippen molar-refractivity contribution in [2.45, 2.75) is 17.4 Å². The maximum absolute atomic E-state index is 12.2. The van der Waals surface area contributed by atoms with E-state index in [0.717, 1.165) is 0 Å². The predicted molar refractivity (Wildman–Crippen MR) is 80.7 cm³/mol. The Bertz CT molecular complexity index is 745. The third-order valence-electron chi connectivity index (χ3n) is 2.99. The first kappa shape index (κ1) is 16.5. The summed E-state index contributed by atoms with van der Waals surface area (Å²) >= 11 is 5.71. The first-order valence-corrected chi connectivity index (χ1v) is 8.27. The summed E-state index contributed by atoms with van der Waals surface area (Å²) in [5, 5.41) is 11.6. The molecule has 5 nitrogen and oxygen atoms in total. The largest absolute Gasteiger partial charge is 0.548 e. The smallest absolute Gasteiger partial charge is 0.241 e. The minimum absolute atomic E-state index is 0.00398. The Balaban J connectivity index is 2.20. The SMILES string of the molecule is O=C([O-])C(Cc1ccccc1)NS(=O)(=O)c1ccc(Cl)cc1. The molecule has 1 N–H and O–H groups in total. The van der Waals surface area contributed by atoms with Crippen molar-refractivity contribution in [3.63, 3.8) is 0 Å². The van der Waals surface area contributed by atoms with E-state index in [1.807, 2.05) is 0 Å². The van der Waals surface area contributed by atoms with Crippen molar-refractivity contribution in [2.75, 3.05) is 0 Å². The molecule has 0 saturated heterocycles. The summed E-state index contributed by atoms with van der Waals surface area (Å²) in [6.07, 6.45) is -0.00398. The van der Waals surface area contributed by atoms with Crippen LogP contribution in [0.4, 0.5) is 0 Å². The number of aliphatic carboxylic acids is 1. The van der Waals surface area contributed by atoms with Gasteiger partial charge in [0.1, 0.15) is 0 Å². The number of carbonyl (C=O) groups excluding carboxylic acids is 1. The molecule has 7 heteroatoms. The van der Waals surface area contributed by atoms with Gasteiger partial charge < -0.3 is 9.90 Å². The van der Waals surface area contributed by atoms with Crippen LogP contribution in [-0.4, -0.2) is 20.4 Å². The van der Waals surface area contributed by atoms with Gasteiger partial charge in [-0.25, -0.2) is 13.1 Å². The van der Waals surface area contributed by atoms with Gasteiger partial charge in [-0.15, -0.1) is 0 Å². The monoisotopic (exact) mass is 338 g/mol. The zero-order valence-electron chi connectivity index (χ0n) is 11.4. The van der Waals surface area contributed by atoms with Gasteiger partial charge in [-0.05, 0) is 36.2 Å². The van der Waals surface area contributed by atoms with Gasteiger partial charge in [-0.3, -0.25) is 0 Å². The van der Waals surface area contributed by atoms with E-state index in [0.29, 0.717) is 10.6 Å². The van der Waals surface area contributed by atoms with Crippen LogP contribution >= 0.6 is 11.6 Å². The molecular formula is C15H13ClNO4S-. The highest BCUT2D eigenvalue weighted by atomic mass is 35.5. The Kier molecular flexibility index (Phi) is 5.18. The van der Waals surface area contributed by atoms with E-state index in [4.69, 9.17) is 11.6 Å². The van der Waals surface area contributed by atoms with Crippen molar-refractivity contribution in [1.29, 1.82) is 0 Å². The first-order valence-electron chi connectivity index (χ1n) is 6.41. The second kappa shape index (κ2) is 6.91. The summed E-state index contributed by atoms with van der Waals surface area (Å²) < 4.78 is 26.6. The van der Waals surface area contributed by atoms with Crippen molar-refractivity contribution in [1.82, 2.24) is 4.72 Å². The van der Waals surface area contributed by atoms with E-state index in [1.54, 1.807) is 30.3 Å². The first-order chi connectivity index (χ1) is 10.4. The van der Waals surface area contributed by atoms with Gasteiger partial charge >= 0.3 is 0 Å². The lowest BCUT2D eigenvalue weighted by atomic mass is 10.1. The molecule has 0 amide bonds. The standard InChI is InChI=1S/C15H14ClNO4S/c16-12-6-8-13(9-7-12)22(20,21)17-14(15(18)19)10-11-4-2-1-3-5-11/h1-9,14,17H,10H2,(H,18,19)/p-1. The number of rotatable bonds is 6. The van der Waals surface area contributed by atoms with Crippen molar-refractivity contribution in [2.24, 2.45) is 0 Å². The van der Waals surface area contributed by atoms with Crippen LogP contribution in [0, 0.1) is 0 Å². The zero-order chi connectivity index (χ0) is 16.2. The lowest BCUT2D eigenvalue weighted by Gasteiger charge is -2.20. The van der Waals surface area contributed by atoms with Gasteiger partial charge in [0.2, 0.25) is 10.0 Å². The number of carboxylic acids is 1. The number of hydrogen-bond acceptors (Lipinski definition) is 4. The van der Waals surface area contributed by atoms with Crippen molar-refractivity contribution < 1.29 is 18.3 Å². The molecule has 2 aromatic carbocycles. The zero-order valence-corrected chi connectivity index (χ0v) is 13.0. The number of halogens is 1. The third kappa shape index (κ3) is 4.30. The van der Waals surface area contributed by atoms with Gasteiger partial charge in [0, 0.05) is 5.02 Å². The Morgan fingerprint density at radius 1 is 1.09 bits per heavy atom. The fraction of sp³-hybridized carbons (Fsp3) is 0.133. The molecule has 22 heavy (non-hydrogen) atoms. The van der Waals surface area contributed by atoms with Gasteiger partial charge in [-0.2, -0.15) is 0 Å². The Morgan fingerprint density at radius 3 is 2.23 bits per heavy atom. The van der Waals surface area contributed by atoms with Gasteiger partial charge in [0.15, 0.2) is 0 Å². The molecule has 0 aliphatic rings. The topological polar surface area (TPSA) is 86.3 Å². The molecule has 0 fully saturated rings. The fourth-order valence-corrected chi connectivity index (χ4v) is 3.20. The normalized spacial score (nSPS) is 12.8. The Morgan fingerprint density at radius 2 is 1.68 bits per heavy atom. The van der Waals surface area contributed by atoms with Crippen LogP contribution in [-0.2, 0) is 21.2 Å². The molecule has 1 unspecified atom stereocenters. The Hall–Kier alpha value is -1.89. The number of carbonyl (C=O) groups is 1. The van der Waals surface area contributed by atoms with E-state index >= 15 is 0 Å². The second-order valence-corrected chi connectivity index (χ2v) is 6.79. The van der Waals surface area contributed by atoms with E-state index in [1.165, 1.54) is 24.3 Å². The number of benzene rings is 2. The molecule has 0 bridgehead atoms. The van der Waals surface area contributed by atoms with Crippen molar-refractivity contribution in [3.8, 4) is 0 Å². The van der Waals surface area contributed by atoms with Crippen molar-refractivity contribution in [3.05, 3.63) is 65.2 Å². The summed E-state index contributed by atoms with van der Waals surface area (Å²) in [5.41, 5.74) is 0.690. The molecule has 0 heterocycles. The van der Waals surface area contributed by atoms with Crippen LogP contribution < -0.4 is 9.83 Å².